The number of hydrogen-bond donors (Lipinski definition) is 1. The van der Waals surface area contributed by atoms with Gasteiger partial charge in [-0.25, -0.2) is 0 Å². The van der Waals surface area contributed by atoms with Crippen molar-refractivity contribution in [2.75, 3.05) is 0 Å². The van der Waals surface area contributed by atoms with Crippen LogP contribution in [0.15, 0.2) is 28.7 Å². The molecule has 102 valence electrons. The normalized spacial score (nSPS) is 22.3. The van der Waals surface area contributed by atoms with Crippen LogP contribution in [0.1, 0.15) is 26.3 Å². The molecule has 5 heteroatoms. The van der Waals surface area contributed by atoms with Crippen molar-refractivity contribution in [3.63, 3.8) is 0 Å². The maximum Gasteiger partial charge on any atom is 0.246 e. The van der Waals surface area contributed by atoms with Crippen LogP contribution in [0.2, 0.25) is 0 Å². The summed E-state index contributed by atoms with van der Waals surface area (Å²) in [5.74, 6) is -0.167. The molecular formula is C14H17BrN2O2. The first kappa shape index (κ1) is 14.1. The summed E-state index contributed by atoms with van der Waals surface area (Å²) >= 11 is 3.41. The summed E-state index contributed by atoms with van der Waals surface area (Å²) in [6.45, 7) is 5.68. The zero-order valence-electron chi connectivity index (χ0n) is 11.2. The molecule has 1 fully saturated rings. The molecule has 0 radical (unpaired) electrons. The van der Waals surface area contributed by atoms with Crippen molar-refractivity contribution in [3.8, 4) is 0 Å². The smallest absolute Gasteiger partial charge is 0.246 e. The molecule has 0 aromatic heterocycles. The second-order valence-electron chi connectivity index (χ2n) is 5.31. The average molecular weight is 325 g/mol. The third-order valence-corrected chi connectivity index (χ3v) is 3.94. The van der Waals surface area contributed by atoms with Gasteiger partial charge in [-0.1, -0.05) is 28.1 Å². The van der Waals surface area contributed by atoms with Crippen LogP contribution in [-0.2, 0) is 16.1 Å². The molecular weight excluding hydrogens is 308 g/mol. The molecule has 19 heavy (non-hydrogen) atoms. The predicted octanol–water partition coefficient (Wildman–Crippen LogP) is 2.07. The fourth-order valence-electron chi connectivity index (χ4n) is 2.16. The highest BCUT2D eigenvalue weighted by Crippen LogP contribution is 2.24. The first-order chi connectivity index (χ1) is 8.82. The Hall–Kier alpha value is -1.36. The monoisotopic (exact) mass is 324 g/mol. The Balaban J connectivity index is 2.30. The van der Waals surface area contributed by atoms with E-state index in [0.717, 1.165) is 10.0 Å². The summed E-state index contributed by atoms with van der Waals surface area (Å²) in [6.07, 6.45) is 0. The van der Waals surface area contributed by atoms with E-state index < -0.39 is 11.6 Å². The topological polar surface area (TPSA) is 49.4 Å². The summed E-state index contributed by atoms with van der Waals surface area (Å²) in [6, 6.07) is 7.30. The fourth-order valence-corrected chi connectivity index (χ4v) is 2.61. The van der Waals surface area contributed by atoms with E-state index in [1.165, 1.54) is 0 Å². The molecule has 1 aromatic carbocycles. The second-order valence-corrected chi connectivity index (χ2v) is 6.22. The molecule has 1 aromatic rings. The van der Waals surface area contributed by atoms with Gasteiger partial charge >= 0.3 is 0 Å². The van der Waals surface area contributed by atoms with Crippen LogP contribution in [0.25, 0.3) is 0 Å². The van der Waals surface area contributed by atoms with Crippen molar-refractivity contribution in [2.45, 2.75) is 38.9 Å². The predicted molar refractivity (Wildman–Crippen MR) is 76.4 cm³/mol. The minimum atomic E-state index is -0.827. The highest BCUT2D eigenvalue weighted by atomic mass is 79.9. The van der Waals surface area contributed by atoms with Crippen LogP contribution >= 0.6 is 15.9 Å². The lowest BCUT2D eigenvalue weighted by atomic mass is 9.95. The van der Waals surface area contributed by atoms with Gasteiger partial charge in [-0.15, -0.1) is 0 Å². The molecule has 4 nitrogen and oxygen atoms in total. The van der Waals surface area contributed by atoms with Gasteiger partial charge in [-0.3, -0.25) is 9.59 Å². The lowest BCUT2D eigenvalue weighted by molar-refractivity contribution is -0.155. The minimum Gasteiger partial charge on any atom is -0.343 e. The maximum atomic E-state index is 12.3. The molecule has 1 heterocycles. The molecule has 1 atom stereocenters. The summed E-state index contributed by atoms with van der Waals surface area (Å²) in [5, 5.41) is 2.71. The largest absolute Gasteiger partial charge is 0.343 e. The number of rotatable bonds is 2. The van der Waals surface area contributed by atoms with E-state index >= 15 is 0 Å². The number of carbonyl (C=O) groups is 2. The van der Waals surface area contributed by atoms with E-state index in [4.69, 9.17) is 0 Å². The highest BCUT2D eigenvalue weighted by molar-refractivity contribution is 9.10. The van der Waals surface area contributed by atoms with Crippen molar-refractivity contribution in [1.29, 1.82) is 0 Å². The third kappa shape index (κ3) is 2.66. The molecule has 1 saturated heterocycles. The number of piperazine rings is 1. The van der Waals surface area contributed by atoms with E-state index in [-0.39, 0.29) is 11.8 Å². The third-order valence-electron chi connectivity index (χ3n) is 3.44. The standard InChI is InChI=1S/C14H17BrN2O2/c1-9-12(18)17(14(2,3)13(19)16-9)8-10-5-4-6-11(15)7-10/h4-7,9H,8H2,1-3H3,(H,16,19). The molecule has 1 aliphatic heterocycles. The molecule has 2 amide bonds. The van der Waals surface area contributed by atoms with E-state index in [2.05, 4.69) is 21.2 Å². The van der Waals surface area contributed by atoms with Gasteiger partial charge in [0.05, 0.1) is 0 Å². The average Bonchev–Trinajstić information content (AvgIpc) is 2.33. The van der Waals surface area contributed by atoms with E-state index in [9.17, 15) is 9.59 Å². The zero-order chi connectivity index (χ0) is 14.2. The van der Waals surface area contributed by atoms with Crippen LogP contribution in [-0.4, -0.2) is 28.3 Å². The Morgan fingerprint density at radius 2 is 2.05 bits per heavy atom. The van der Waals surface area contributed by atoms with Gasteiger partial charge in [-0.05, 0) is 38.5 Å². The lowest BCUT2D eigenvalue weighted by Crippen LogP contribution is -2.67. The zero-order valence-corrected chi connectivity index (χ0v) is 12.8. The van der Waals surface area contributed by atoms with E-state index in [1.54, 1.807) is 25.7 Å². The van der Waals surface area contributed by atoms with Crippen LogP contribution < -0.4 is 5.32 Å². The Morgan fingerprint density at radius 1 is 1.37 bits per heavy atom. The first-order valence-corrected chi connectivity index (χ1v) is 6.98. The van der Waals surface area contributed by atoms with Gasteiger partial charge in [0.2, 0.25) is 11.8 Å². The number of halogens is 1. The van der Waals surface area contributed by atoms with Crippen LogP contribution in [0.4, 0.5) is 0 Å². The lowest BCUT2D eigenvalue weighted by Gasteiger charge is -2.43. The van der Waals surface area contributed by atoms with Crippen LogP contribution in [0.5, 0.6) is 0 Å². The number of nitrogens with one attached hydrogen (secondary N) is 1. The second kappa shape index (κ2) is 4.96. The summed E-state index contributed by atoms with van der Waals surface area (Å²) < 4.78 is 0.963. The molecule has 2 rings (SSSR count). The molecule has 0 saturated carbocycles. The number of amides is 2. The SMILES string of the molecule is CC1NC(=O)C(C)(C)N(Cc2cccc(Br)c2)C1=O. The van der Waals surface area contributed by atoms with E-state index in [1.807, 2.05) is 24.3 Å². The molecule has 1 unspecified atom stereocenters. The Morgan fingerprint density at radius 3 is 2.68 bits per heavy atom. The van der Waals surface area contributed by atoms with Crippen molar-refractivity contribution in [1.82, 2.24) is 10.2 Å². The van der Waals surface area contributed by atoms with Gasteiger partial charge in [-0.2, -0.15) is 0 Å². The van der Waals surface area contributed by atoms with Gasteiger partial charge in [0.15, 0.2) is 0 Å². The summed E-state index contributed by atoms with van der Waals surface area (Å²) in [7, 11) is 0. The van der Waals surface area contributed by atoms with E-state index in [0.29, 0.717) is 6.54 Å². The van der Waals surface area contributed by atoms with Gasteiger partial charge in [0.1, 0.15) is 11.6 Å². The first-order valence-electron chi connectivity index (χ1n) is 6.19. The van der Waals surface area contributed by atoms with Gasteiger partial charge < -0.3 is 10.2 Å². The number of hydrogen-bond acceptors (Lipinski definition) is 2. The van der Waals surface area contributed by atoms with Crippen LogP contribution in [0, 0.1) is 0 Å². The highest BCUT2D eigenvalue weighted by Gasteiger charge is 2.44. The quantitative estimate of drug-likeness (QED) is 0.905. The molecule has 1 aliphatic rings. The summed E-state index contributed by atoms with van der Waals surface area (Å²) in [4.78, 5) is 25.9. The number of benzene rings is 1. The molecule has 0 spiro atoms. The molecule has 0 bridgehead atoms. The summed E-state index contributed by atoms with van der Waals surface area (Å²) in [5.41, 5.74) is 0.170. The van der Waals surface area contributed by atoms with Gasteiger partial charge in [0, 0.05) is 11.0 Å². The Bertz CT molecular complexity index is 528. The number of nitrogens with zero attached hydrogens (tertiary/aromatic N) is 1. The maximum absolute atomic E-state index is 12.3. The number of carbonyl (C=O) groups excluding carboxylic acids is 2. The van der Waals surface area contributed by atoms with Crippen molar-refractivity contribution >= 4 is 27.7 Å². The molecule has 1 N–H and O–H groups in total. The minimum absolute atomic E-state index is 0.0513. The van der Waals surface area contributed by atoms with Crippen molar-refractivity contribution < 1.29 is 9.59 Å². The van der Waals surface area contributed by atoms with Gasteiger partial charge in [0.25, 0.3) is 0 Å². The Kier molecular flexibility index (Phi) is 3.67. The van der Waals surface area contributed by atoms with Crippen LogP contribution in [0.3, 0.4) is 0 Å². The Labute approximate surface area is 121 Å². The van der Waals surface area contributed by atoms with Crippen molar-refractivity contribution in [3.05, 3.63) is 34.3 Å². The van der Waals surface area contributed by atoms with Crippen molar-refractivity contribution in [2.24, 2.45) is 0 Å². The fraction of sp³-hybridized carbons (Fsp3) is 0.429. The molecule has 0 aliphatic carbocycles.